The van der Waals surface area contributed by atoms with Crippen LogP contribution in [0.3, 0.4) is 0 Å². The molecule has 0 bridgehead atoms. The Hall–Kier alpha value is -2.29. The van der Waals surface area contributed by atoms with Gasteiger partial charge in [-0.15, -0.1) is 0 Å². The fourth-order valence-corrected chi connectivity index (χ4v) is 1.34. The zero-order valence-corrected chi connectivity index (χ0v) is 12.6. The van der Waals surface area contributed by atoms with Crippen LogP contribution in [0.4, 0.5) is 5.69 Å². The van der Waals surface area contributed by atoms with Gasteiger partial charge in [0.15, 0.2) is 0 Å². The lowest BCUT2D eigenvalue weighted by molar-refractivity contribution is 0.102. The van der Waals surface area contributed by atoms with Crippen LogP contribution in [0.25, 0.3) is 0 Å². The van der Waals surface area contributed by atoms with E-state index < -0.39 is 0 Å². The zero-order chi connectivity index (χ0) is 15.4. The van der Waals surface area contributed by atoms with Crippen molar-refractivity contribution in [3.63, 3.8) is 0 Å². The standard InChI is InChI=1S/C13H11NO2.2C2H6/c15-12-8-6-11(7-9-12)14-13(16)10-4-2-1-3-5-10;2*1-2/h1-9,15H,(H,14,16);2*1-2H3. The van der Waals surface area contributed by atoms with E-state index in [1.165, 1.54) is 12.1 Å². The molecule has 0 aromatic heterocycles. The third kappa shape index (κ3) is 6.05. The summed E-state index contributed by atoms with van der Waals surface area (Å²) < 4.78 is 0. The van der Waals surface area contributed by atoms with Crippen molar-refractivity contribution in [2.24, 2.45) is 0 Å². The van der Waals surface area contributed by atoms with Gasteiger partial charge in [0.1, 0.15) is 5.75 Å². The minimum atomic E-state index is -0.161. The zero-order valence-electron chi connectivity index (χ0n) is 12.6. The quantitative estimate of drug-likeness (QED) is 0.779. The number of phenolic OH excluding ortho intramolecular Hbond substituents is 1. The van der Waals surface area contributed by atoms with Gasteiger partial charge in [0.2, 0.25) is 0 Å². The first kappa shape index (κ1) is 17.7. The van der Waals surface area contributed by atoms with Gasteiger partial charge in [-0.1, -0.05) is 45.9 Å². The highest BCUT2D eigenvalue weighted by Crippen LogP contribution is 2.14. The number of anilines is 1. The molecule has 2 aromatic carbocycles. The average Bonchev–Trinajstić information content (AvgIpc) is 2.54. The average molecular weight is 273 g/mol. The van der Waals surface area contributed by atoms with E-state index >= 15 is 0 Å². The van der Waals surface area contributed by atoms with Gasteiger partial charge < -0.3 is 10.4 Å². The summed E-state index contributed by atoms with van der Waals surface area (Å²) in [6.45, 7) is 8.00. The second-order valence-electron chi connectivity index (χ2n) is 3.37. The maximum atomic E-state index is 11.7. The number of phenols is 1. The van der Waals surface area contributed by atoms with E-state index in [9.17, 15) is 4.79 Å². The van der Waals surface area contributed by atoms with Gasteiger partial charge in [-0.25, -0.2) is 0 Å². The number of carbonyl (C=O) groups excluding carboxylic acids is 1. The van der Waals surface area contributed by atoms with Gasteiger partial charge in [-0.2, -0.15) is 0 Å². The summed E-state index contributed by atoms with van der Waals surface area (Å²) in [6.07, 6.45) is 0. The lowest BCUT2D eigenvalue weighted by atomic mass is 10.2. The fraction of sp³-hybridized carbons (Fsp3) is 0.235. The van der Waals surface area contributed by atoms with Crippen LogP contribution in [0.5, 0.6) is 5.75 Å². The Labute approximate surface area is 121 Å². The molecule has 2 rings (SSSR count). The molecule has 0 aliphatic heterocycles. The van der Waals surface area contributed by atoms with E-state index in [0.717, 1.165) is 0 Å². The summed E-state index contributed by atoms with van der Waals surface area (Å²) in [5, 5.41) is 11.8. The third-order valence-corrected chi connectivity index (χ3v) is 2.16. The number of aromatic hydroxyl groups is 1. The number of rotatable bonds is 2. The lowest BCUT2D eigenvalue weighted by Crippen LogP contribution is -2.11. The van der Waals surface area contributed by atoms with Crippen molar-refractivity contribution >= 4 is 11.6 Å². The van der Waals surface area contributed by atoms with Crippen molar-refractivity contribution in [1.82, 2.24) is 0 Å². The highest BCUT2D eigenvalue weighted by atomic mass is 16.3. The van der Waals surface area contributed by atoms with Crippen LogP contribution >= 0.6 is 0 Å². The highest BCUT2D eigenvalue weighted by molar-refractivity contribution is 6.04. The summed E-state index contributed by atoms with van der Waals surface area (Å²) in [6, 6.07) is 15.3. The monoisotopic (exact) mass is 273 g/mol. The summed E-state index contributed by atoms with van der Waals surface area (Å²) in [5.74, 6) is 0.0176. The molecule has 1 amide bonds. The Morgan fingerprint density at radius 3 is 1.85 bits per heavy atom. The smallest absolute Gasteiger partial charge is 0.255 e. The molecule has 0 atom stereocenters. The van der Waals surface area contributed by atoms with E-state index in [-0.39, 0.29) is 11.7 Å². The first-order chi connectivity index (χ1) is 9.75. The Morgan fingerprint density at radius 2 is 1.35 bits per heavy atom. The third-order valence-electron chi connectivity index (χ3n) is 2.16. The molecule has 2 N–H and O–H groups in total. The van der Waals surface area contributed by atoms with E-state index in [1.807, 2.05) is 45.9 Å². The molecular formula is C17H23NO2. The molecule has 2 aromatic rings. The molecule has 0 saturated heterocycles. The van der Waals surface area contributed by atoms with Gasteiger partial charge in [-0.3, -0.25) is 4.79 Å². The molecule has 3 heteroatoms. The fourth-order valence-electron chi connectivity index (χ4n) is 1.34. The number of benzene rings is 2. The largest absolute Gasteiger partial charge is 0.508 e. The Balaban J connectivity index is 0.000000829. The molecule has 3 nitrogen and oxygen atoms in total. The normalized spacial score (nSPS) is 8.40. The number of hydrogen-bond acceptors (Lipinski definition) is 2. The van der Waals surface area contributed by atoms with Crippen LogP contribution in [0, 0.1) is 0 Å². The van der Waals surface area contributed by atoms with E-state index in [0.29, 0.717) is 11.3 Å². The van der Waals surface area contributed by atoms with Crippen molar-refractivity contribution in [2.75, 3.05) is 5.32 Å². The molecular weight excluding hydrogens is 250 g/mol. The molecule has 0 unspecified atom stereocenters. The van der Waals surface area contributed by atoms with Crippen LogP contribution < -0.4 is 5.32 Å². The van der Waals surface area contributed by atoms with Crippen LogP contribution in [0.1, 0.15) is 38.1 Å². The molecule has 20 heavy (non-hydrogen) atoms. The number of amides is 1. The number of nitrogens with one attached hydrogen (secondary N) is 1. The summed E-state index contributed by atoms with van der Waals surface area (Å²) >= 11 is 0. The van der Waals surface area contributed by atoms with Crippen LogP contribution in [-0.4, -0.2) is 11.0 Å². The summed E-state index contributed by atoms with van der Waals surface area (Å²) in [5.41, 5.74) is 1.27. The minimum Gasteiger partial charge on any atom is -0.508 e. The molecule has 108 valence electrons. The molecule has 0 heterocycles. The van der Waals surface area contributed by atoms with Crippen molar-refractivity contribution in [1.29, 1.82) is 0 Å². The van der Waals surface area contributed by atoms with Gasteiger partial charge in [-0.05, 0) is 36.4 Å². The SMILES string of the molecule is CC.CC.O=C(Nc1ccc(O)cc1)c1ccccc1. The maximum absolute atomic E-state index is 11.7. The predicted octanol–water partition coefficient (Wildman–Crippen LogP) is 4.70. The van der Waals surface area contributed by atoms with Crippen molar-refractivity contribution in [3.8, 4) is 5.75 Å². The van der Waals surface area contributed by atoms with Crippen molar-refractivity contribution in [3.05, 3.63) is 60.2 Å². The van der Waals surface area contributed by atoms with Gasteiger partial charge in [0.05, 0.1) is 0 Å². The molecule has 0 aliphatic rings. The summed E-state index contributed by atoms with van der Waals surface area (Å²) in [4.78, 5) is 11.7. The van der Waals surface area contributed by atoms with Crippen molar-refractivity contribution in [2.45, 2.75) is 27.7 Å². The van der Waals surface area contributed by atoms with E-state index in [4.69, 9.17) is 5.11 Å². The Morgan fingerprint density at radius 1 is 0.850 bits per heavy atom. The second-order valence-corrected chi connectivity index (χ2v) is 3.37. The first-order valence-corrected chi connectivity index (χ1v) is 6.91. The Kier molecular flexibility index (Phi) is 9.40. The highest BCUT2D eigenvalue weighted by Gasteiger charge is 2.04. The van der Waals surface area contributed by atoms with Crippen molar-refractivity contribution < 1.29 is 9.90 Å². The van der Waals surface area contributed by atoms with Gasteiger partial charge in [0, 0.05) is 11.3 Å². The second kappa shape index (κ2) is 10.6. The topological polar surface area (TPSA) is 49.3 Å². The number of carbonyl (C=O) groups is 1. The Bertz CT molecular complexity index is 478. The maximum Gasteiger partial charge on any atom is 0.255 e. The van der Waals surface area contributed by atoms with E-state index in [2.05, 4.69) is 5.32 Å². The van der Waals surface area contributed by atoms with Crippen LogP contribution in [0.2, 0.25) is 0 Å². The summed E-state index contributed by atoms with van der Waals surface area (Å²) in [7, 11) is 0. The molecule has 0 saturated carbocycles. The number of hydrogen-bond donors (Lipinski definition) is 2. The molecule has 0 spiro atoms. The molecule has 0 fully saturated rings. The van der Waals surface area contributed by atoms with Gasteiger partial charge >= 0.3 is 0 Å². The molecule has 0 aliphatic carbocycles. The van der Waals surface area contributed by atoms with Gasteiger partial charge in [0.25, 0.3) is 5.91 Å². The van der Waals surface area contributed by atoms with Crippen LogP contribution in [0.15, 0.2) is 54.6 Å². The van der Waals surface area contributed by atoms with Crippen LogP contribution in [-0.2, 0) is 0 Å². The van der Waals surface area contributed by atoms with E-state index in [1.54, 1.807) is 24.3 Å². The lowest BCUT2D eigenvalue weighted by Gasteiger charge is -2.04. The minimum absolute atomic E-state index is 0.161. The predicted molar refractivity (Wildman–Crippen MR) is 85.2 cm³/mol. The molecule has 0 radical (unpaired) electrons. The first-order valence-electron chi connectivity index (χ1n) is 6.91.